The van der Waals surface area contributed by atoms with Gasteiger partial charge in [-0.15, -0.1) is 10.2 Å². The topological polar surface area (TPSA) is 101 Å². The number of fused-ring (bicyclic) bond motifs is 1. The number of rotatable bonds is 9. The molecule has 11 heteroatoms. The van der Waals surface area contributed by atoms with Crippen LogP contribution < -0.4 is 14.4 Å². The second-order valence-electron chi connectivity index (χ2n) is 7.00. The summed E-state index contributed by atoms with van der Waals surface area (Å²) in [5.74, 6) is 1.02. The van der Waals surface area contributed by atoms with Crippen molar-refractivity contribution < 1.29 is 17.9 Å². The molecule has 0 saturated heterocycles. The second kappa shape index (κ2) is 9.47. The molecular weight excluding hydrogens is 468 g/mol. The normalized spacial score (nSPS) is 13.1. The second-order valence-corrected chi connectivity index (χ2v) is 11.4. The molecule has 168 valence electrons. The average Bonchev–Trinajstić information content (AvgIpc) is 3.44. The Balaban J connectivity index is 1.36. The number of hydrogen-bond acceptors (Lipinski definition) is 9. The highest BCUT2D eigenvalue weighted by atomic mass is 32.2. The molecule has 1 aromatic heterocycles. The van der Waals surface area contributed by atoms with Crippen molar-refractivity contribution in [3.63, 3.8) is 0 Å². The first-order valence-corrected chi connectivity index (χ1v) is 13.3. The molecule has 2 aromatic carbocycles. The standard InChI is InChI=1S/C21H22N4O4S3/c1-3-32(27,28)25-11-10-14-12-15(4-9-18(14)25)19(26)13-30-21-24-23-20(31-21)22-16-5-7-17(29-2)8-6-16/h4-9,12H,3,10-11,13H2,1-2H3,(H,22,23). The maximum absolute atomic E-state index is 12.7. The number of nitrogens with zero attached hydrogens (tertiary/aromatic N) is 3. The molecule has 8 nitrogen and oxygen atoms in total. The smallest absolute Gasteiger partial charge is 0.234 e. The number of nitrogens with one attached hydrogen (secondary N) is 1. The summed E-state index contributed by atoms with van der Waals surface area (Å²) in [5, 5.41) is 12.1. The molecule has 0 aliphatic carbocycles. The van der Waals surface area contributed by atoms with E-state index in [1.54, 1.807) is 32.2 Å². The van der Waals surface area contributed by atoms with E-state index < -0.39 is 10.0 Å². The summed E-state index contributed by atoms with van der Waals surface area (Å²) in [6.45, 7) is 2.06. The van der Waals surface area contributed by atoms with Gasteiger partial charge in [-0.1, -0.05) is 23.1 Å². The van der Waals surface area contributed by atoms with Crippen molar-refractivity contribution in [3.8, 4) is 5.75 Å². The van der Waals surface area contributed by atoms with E-state index in [0.29, 0.717) is 33.7 Å². The molecular formula is C21H22N4O4S3. The van der Waals surface area contributed by atoms with Gasteiger partial charge >= 0.3 is 0 Å². The van der Waals surface area contributed by atoms with Crippen LogP contribution in [-0.2, 0) is 16.4 Å². The highest BCUT2D eigenvalue weighted by Crippen LogP contribution is 2.32. The number of thioether (sulfide) groups is 1. The SMILES string of the molecule is CCS(=O)(=O)N1CCc2cc(C(=O)CSc3nnc(Nc4ccc(OC)cc4)s3)ccc21. The first-order chi connectivity index (χ1) is 15.4. The molecule has 0 amide bonds. The maximum atomic E-state index is 12.7. The van der Waals surface area contributed by atoms with Crippen molar-refractivity contribution in [2.75, 3.05) is 34.8 Å². The lowest BCUT2D eigenvalue weighted by molar-refractivity contribution is 0.102. The van der Waals surface area contributed by atoms with E-state index in [-0.39, 0.29) is 17.3 Å². The zero-order valence-electron chi connectivity index (χ0n) is 17.6. The summed E-state index contributed by atoms with van der Waals surface area (Å²) in [6.07, 6.45) is 0.611. The molecule has 1 N–H and O–H groups in total. The van der Waals surface area contributed by atoms with Crippen LogP contribution in [0.3, 0.4) is 0 Å². The predicted octanol–water partition coefficient (Wildman–Crippen LogP) is 3.98. The lowest BCUT2D eigenvalue weighted by Gasteiger charge is -2.18. The number of ether oxygens (including phenoxy) is 1. The molecule has 1 aliphatic rings. The molecule has 0 radical (unpaired) electrons. The van der Waals surface area contributed by atoms with Crippen LogP contribution in [-0.4, -0.2) is 49.6 Å². The summed E-state index contributed by atoms with van der Waals surface area (Å²) in [7, 11) is -1.68. The molecule has 0 saturated carbocycles. The van der Waals surface area contributed by atoms with Crippen molar-refractivity contribution in [2.24, 2.45) is 0 Å². The molecule has 0 atom stereocenters. The quantitative estimate of drug-likeness (QED) is 0.355. The number of anilines is 3. The highest BCUT2D eigenvalue weighted by molar-refractivity contribution is 8.01. The third-order valence-corrected chi connectivity index (χ3v) is 8.78. The lowest BCUT2D eigenvalue weighted by atomic mass is 10.1. The van der Waals surface area contributed by atoms with Crippen LogP contribution in [0.4, 0.5) is 16.5 Å². The first kappa shape index (κ1) is 22.6. The lowest BCUT2D eigenvalue weighted by Crippen LogP contribution is -2.30. The van der Waals surface area contributed by atoms with Gasteiger partial charge in [-0.05, 0) is 61.4 Å². The van der Waals surface area contributed by atoms with Gasteiger partial charge in [0.25, 0.3) is 0 Å². The van der Waals surface area contributed by atoms with Crippen LogP contribution in [0.2, 0.25) is 0 Å². The van der Waals surface area contributed by atoms with Crippen LogP contribution in [0, 0.1) is 0 Å². The number of methoxy groups -OCH3 is 1. The Hall–Kier alpha value is -2.63. The minimum Gasteiger partial charge on any atom is -0.497 e. The minimum absolute atomic E-state index is 0.0329. The Bertz CT molecular complexity index is 1230. The molecule has 0 fully saturated rings. The predicted molar refractivity (Wildman–Crippen MR) is 128 cm³/mol. The summed E-state index contributed by atoms with van der Waals surface area (Å²) in [5.41, 5.74) is 3.01. The number of sulfonamides is 1. The summed E-state index contributed by atoms with van der Waals surface area (Å²) in [6, 6.07) is 12.7. The zero-order chi connectivity index (χ0) is 22.7. The van der Waals surface area contributed by atoms with E-state index in [2.05, 4.69) is 15.5 Å². The molecule has 0 unspecified atom stereocenters. The van der Waals surface area contributed by atoms with Gasteiger partial charge in [-0.2, -0.15) is 0 Å². The van der Waals surface area contributed by atoms with E-state index in [1.165, 1.54) is 27.4 Å². The number of aromatic nitrogens is 2. The molecule has 4 rings (SSSR count). The van der Waals surface area contributed by atoms with E-state index in [4.69, 9.17) is 4.74 Å². The van der Waals surface area contributed by atoms with E-state index in [0.717, 1.165) is 17.0 Å². The Morgan fingerprint density at radius 2 is 2.00 bits per heavy atom. The Morgan fingerprint density at radius 1 is 1.22 bits per heavy atom. The van der Waals surface area contributed by atoms with E-state index >= 15 is 0 Å². The maximum Gasteiger partial charge on any atom is 0.234 e. The van der Waals surface area contributed by atoms with Gasteiger partial charge in [0.2, 0.25) is 15.2 Å². The number of carbonyl (C=O) groups excluding carboxylic acids is 1. The van der Waals surface area contributed by atoms with Gasteiger partial charge in [-0.3, -0.25) is 9.10 Å². The largest absolute Gasteiger partial charge is 0.497 e. The van der Waals surface area contributed by atoms with Crippen LogP contribution in [0.5, 0.6) is 5.75 Å². The molecule has 1 aliphatic heterocycles. The minimum atomic E-state index is -3.30. The Morgan fingerprint density at radius 3 is 2.72 bits per heavy atom. The fourth-order valence-electron chi connectivity index (χ4n) is 3.32. The van der Waals surface area contributed by atoms with Gasteiger partial charge in [0.1, 0.15) is 5.75 Å². The van der Waals surface area contributed by atoms with Crippen LogP contribution >= 0.6 is 23.1 Å². The van der Waals surface area contributed by atoms with Crippen LogP contribution in [0.25, 0.3) is 0 Å². The van der Waals surface area contributed by atoms with Gasteiger partial charge in [0, 0.05) is 17.8 Å². The van der Waals surface area contributed by atoms with E-state index in [1.807, 2.05) is 24.3 Å². The molecule has 3 aromatic rings. The molecule has 32 heavy (non-hydrogen) atoms. The number of benzene rings is 2. The van der Waals surface area contributed by atoms with Crippen LogP contribution in [0.15, 0.2) is 46.8 Å². The van der Waals surface area contributed by atoms with Crippen molar-refractivity contribution in [1.82, 2.24) is 10.2 Å². The summed E-state index contributed by atoms with van der Waals surface area (Å²) in [4.78, 5) is 12.7. The van der Waals surface area contributed by atoms with Crippen molar-refractivity contribution in [3.05, 3.63) is 53.6 Å². The van der Waals surface area contributed by atoms with Crippen LogP contribution in [0.1, 0.15) is 22.8 Å². The summed E-state index contributed by atoms with van der Waals surface area (Å²) >= 11 is 2.70. The Kier molecular flexibility index (Phi) is 6.68. The van der Waals surface area contributed by atoms with Crippen molar-refractivity contribution >= 4 is 55.4 Å². The molecule has 0 spiro atoms. The summed E-state index contributed by atoms with van der Waals surface area (Å²) < 4.78 is 31.7. The van der Waals surface area contributed by atoms with Gasteiger partial charge in [0.15, 0.2) is 10.1 Å². The Labute approximate surface area is 195 Å². The number of ketones is 1. The third-order valence-electron chi connectivity index (χ3n) is 5.03. The fraction of sp³-hybridized carbons (Fsp3) is 0.286. The third kappa shape index (κ3) is 4.89. The average molecular weight is 491 g/mol. The molecule has 0 bridgehead atoms. The highest BCUT2D eigenvalue weighted by Gasteiger charge is 2.28. The monoisotopic (exact) mass is 490 g/mol. The zero-order valence-corrected chi connectivity index (χ0v) is 20.0. The van der Waals surface area contributed by atoms with Crippen molar-refractivity contribution in [2.45, 2.75) is 17.7 Å². The first-order valence-electron chi connectivity index (χ1n) is 9.93. The van der Waals surface area contributed by atoms with Gasteiger partial charge < -0.3 is 10.1 Å². The number of Topliss-reactive ketones (excluding diaryl/α,β-unsaturated/α-hetero) is 1. The fourth-order valence-corrected chi connectivity index (χ4v) is 6.14. The van der Waals surface area contributed by atoms with E-state index in [9.17, 15) is 13.2 Å². The van der Waals surface area contributed by atoms with Crippen molar-refractivity contribution in [1.29, 1.82) is 0 Å². The number of carbonyl (C=O) groups is 1. The van der Waals surface area contributed by atoms with Gasteiger partial charge in [-0.25, -0.2) is 8.42 Å². The van der Waals surface area contributed by atoms with Gasteiger partial charge in [0.05, 0.1) is 24.3 Å². The molecule has 2 heterocycles. The number of hydrogen-bond donors (Lipinski definition) is 1.